The molecule has 0 spiro atoms. The molecule has 0 saturated heterocycles. The minimum absolute atomic E-state index is 0.186. The lowest BCUT2D eigenvalue weighted by molar-refractivity contribution is -0.143. The van der Waals surface area contributed by atoms with E-state index in [1.54, 1.807) is 0 Å². The Hall–Kier alpha value is -0.870. The molecule has 0 aliphatic carbocycles. The molecular formula is C12H17NO2S. The van der Waals surface area contributed by atoms with Gasteiger partial charge in [-0.2, -0.15) is 0 Å². The van der Waals surface area contributed by atoms with E-state index in [0.29, 0.717) is 5.92 Å². The first-order chi connectivity index (χ1) is 7.63. The molecule has 1 aliphatic heterocycles. The maximum absolute atomic E-state index is 11.6. The molecule has 1 atom stereocenters. The molecule has 0 amide bonds. The van der Waals surface area contributed by atoms with Crippen LogP contribution in [0.4, 0.5) is 0 Å². The van der Waals surface area contributed by atoms with Crippen LogP contribution in [0.25, 0.3) is 0 Å². The first-order valence-corrected chi connectivity index (χ1v) is 6.39. The number of carbonyl (C=O) groups is 1. The van der Waals surface area contributed by atoms with Crippen molar-refractivity contribution in [2.24, 2.45) is 0 Å². The highest BCUT2D eigenvalue weighted by molar-refractivity contribution is 7.12. The summed E-state index contributed by atoms with van der Waals surface area (Å²) in [5.74, 6) is 0.336. The van der Waals surface area contributed by atoms with Crippen molar-refractivity contribution in [3.63, 3.8) is 0 Å². The SMILES string of the molecule is COC(=O)C1NCCc2sc(C(C)C)cc21. The molecule has 2 rings (SSSR count). The van der Waals surface area contributed by atoms with Gasteiger partial charge in [-0.05, 0) is 24.0 Å². The number of hydrogen-bond donors (Lipinski definition) is 1. The van der Waals surface area contributed by atoms with Crippen LogP contribution in [0.2, 0.25) is 0 Å². The summed E-state index contributed by atoms with van der Waals surface area (Å²) in [4.78, 5) is 14.3. The molecule has 1 unspecified atom stereocenters. The monoisotopic (exact) mass is 239 g/mol. The van der Waals surface area contributed by atoms with Gasteiger partial charge in [0.25, 0.3) is 0 Å². The van der Waals surface area contributed by atoms with Gasteiger partial charge >= 0.3 is 5.97 Å². The number of thiophene rings is 1. The van der Waals surface area contributed by atoms with E-state index in [1.165, 1.54) is 16.9 Å². The van der Waals surface area contributed by atoms with Crippen molar-refractivity contribution >= 4 is 17.3 Å². The minimum Gasteiger partial charge on any atom is -0.468 e. The average molecular weight is 239 g/mol. The Morgan fingerprint density at radius 3 is 3.00 bits per heavy atom. The van der Waals surface area contributed by atoms with E-state index in [1.807, 2.05) is 11.3 Å². The molecule has 0 fully saturated rings. The van der Waals surface area contributed by atoms with Gasteiger partial charge in [-0.25, -0.2) is 4.79 Å². The van der Waals surface area contributed by atoms with Gasteiger partial charge in [-0.1, -0.05) is 13.8 Å². The Kier molecular flexibility index (Phi) is 3.30. The van der Waals surface area contributed by atoms with Crippen LogP contribution in [0.5, 0.6) is 0 Å². The van der Waals surface area contributed by atoms with Crippen molar-refractivity contribution in [2.75, 3.05) is 13.7 Å². The second kappa shape index (κ2) is 4.55. The molecule has 4 heteroatoms. The summed E-state index contributed by atoms with van der Waals surface area (Å²) in [5.41, 5.74) is 1.12. The number of rotatable bonds is 2. The first-order valence-electron chi connectivity index (χ1n) is 5.57. The zero-order valence-electron chi connectivity index (χ0n) is 9.87. The molecule has 1 aromatic rings. The molecule has 3 nitrogen and oxygen atoms in total. The Balaban J connectivity index is 2.34. The van der Waals surface area contributed by atoms with Gasteiger partial charge in [0.2, 0.25) is 0 Å². The van der Waals surface area contributed by atoms with Crippen LogP contribution in [-0.4, -0.2) is 19.6 Å². The van der Waals surface area contributed by atoms with Crippen molar-refractivity contribution in [2.45, 2.75) is 32.2 Å². The Morgan fingerprint density at radius 2 is 2.38 bits per heavy atom. The average Bonchev–Trinajstić information content (AvgIpc) is 2.71. The van der Waals surface area contributed by atoms with Crippen LogP contribution < -0.4 is 5.32 Å². The fraction of sp³-hybridized carbons (Fsp3) is 0.583. The first kappa shape index (κ1) is 11.6. The van der Waals surface area contributed by atoms with E-state index in [0.717, 1.165) is 18.5 Å². The summed E-state index contributed by atoms with van der Waals surface area (Å²) in [6.07, 6.45) is 1.01. The topological polar surface area (TPSA) is 38.3 Å². The van der Waals surface area contributed by atoms with Crippen molar-refractivity contribution in [3.8, 4) is 0 Å². The highest BCUT2D eigenvalue weighted by atomic mass is 32.1. The highest BCUT2D eigenvalue weighted by Gasteiger charge is 2.29. The molecule has 0 aromatic carbocycles. The van der Waals surface area contributed by atoms with Gasteiger partial charge in [0.15, 0.2) is 0 Å². The van der Waals surface area contributed by atoms with Gasteiger partial charge in [0.05, 0.1) is 7.11 Å². The predicted octanol–water partition coefficient (Wildman–Crippen LogP) is 2.23. The highest BCUT2D eigenvalue weighted by Crippen LogP contribution is 2.34. The quantitative estimate of drug-likeness (QED) is 0.804. The largest absolute Gasteiger partial charge is 0.468 e. The zero-order valence-corrected chi connectivity index (χ0v) is 10.7. The molecule has 88 valence electrons. The molecular weight excluding hydrogens is 222 g/mol. The molecule has 1 N–H and O–H groups in total. The summed E-state index contributed by atoms with van der Waals surface area (Å²) in [7, 11) is 1.44. The Bertz CT molecular complexity index is 398. The van der Waals surface area contributed by atoms with Crippen molar-refractivity contribution in [3.05, 3.63) is 21.4 Å². The van der Waals surface area contributed by atoms with Gasteiger partial charge in [-0.15, -0.1) is 11.3 Å². The number of nitrogens with one attached hydrogen (secondary N) is 1. The van der Waals surface area contributed by atoms with E-state index in [2.05, 4.69) is 25.2 Å². The third-order valence-electron chi connectivity index (χ3n) is 2.88. The number of esters is 1. The standard InChI is InChI=1S/C12H17NO2S/c1-7(2)10-6-8-9(16-10)4-5-13-11(8)12(14)15-3/h6-7,11,13H,4-5H2,1-3H3. The van der Waals surface area contributed by atoms with E-state index in [9.17, 15) is 4.79 Å². The Morgan fingerprint density at radius 1 is 1.62 bits per heavy atom. The lowest BCUT2D eigenvalue weighted by Gasteiger charge is -2.21. The summed E-state index contributed by atoms with van der Waals surface area (Å²) in [6, 6.07) is 1.88. The molecule has 2 heterocycles. The van der Waals surface area contributed by atoms with E-state index in [4.69, 9.17) is 4.74 Å². The second-order valence-corrected chi connectivity index (χ2v) is 5.51. The smallest absolute Gasteiger partial charge is 0.327 e. The summed E-state index contributed by atoms with van der Waals surface area (Å²) in [6.45, 7) is 5.21. The fourth-order valence-corrected chi connectivity index (χ4v) is 3.16. The fourth-order valence-electron chi connectivity index (χ4n) is 1.96. The summed E-state index contributed by atoms with van der Waals surface area (Å²) < 4.78 is 4.82. The van der Waals surface area contributed by atoms with E-state index in [-0.39, 0.29) is 12.0 Å². The van der Waals surface area contributed by atoms with Crippen LogP contribution in [0, 0.1) is 0 Å². The van der Waals surface area contributed by atoms with Gasteiger partial charge < -0.3 is 10.1 Å². The normalized spacial score (nSPS) is 19.6. The van der Waals surface area contributed by atoms with Gasteiger partial charge in [0.1, 0.15) is 6.04 Å². The molecule has 0 saturated carbocycles. The molecule has 1 aliphatic rings. The van der Waals surface area contributed by atoms with Crippen LogP contribution in [-0.2, 0) is 16.0 Å². The number of ether oxygens (including phenoxy) is 1. The van der Waals surface area contributed by atoms with E-state index < -0.39 is 0 Å². The maximum Gasteiger partial charge on any atom is 0.327 e. The number of carbonyl (C=O) groups excluding carboxylic acids is 1. The van der Waals surface area contributed by atoms with E-state index >= 15 is 0 Å². The van der Waals surface area contributed by atoms with Crippen molar-refractivity contribution in [1.82, 2.24) is 5.32 Å². The Labute approximate surface area is 99.8 Å². The predicted molar refractivity (Wildman–Crippen MR) is 64.9 cm³/mol. The molecule has 1 aromatic heterocycles. The van der Waals surface area contributed by atoms with Crippen LogP contribution in [0.1, 0.15) is 41.1 Å². The summed E-state index contributed by atoms with van der Waals surface area (Å²) in [5, 5.41) is 3.21. The number of fused-ring (bicyclic) bond motifs is 1. The van der Waals surface area contributed by atoms with Crippen LogP contribution in [0.3, 0.4) is 0 Å². The van der Waals surface area contributed by atoms with Crippen LogP contribution >= 0.6 is 11.3 Å². The van der Waals surface area contributed by atoms with Gasteiger partial charge in [-0.3, -0.25) is 0 Å². The van der Waals surface area contributed by atoms with Gasteiger partial charge in [0, 0.05) is 16.3 Å². The lowest BCUT2D eigenvalue weighted by atomic mass is 10.0. The van der Waals surface area contributed by atoms with Crippen molar-refractivity contribution in [1.29, 1.82) is 0 Å². The molecule has 0 bridgehead atoms. The minimum atomic E-state index is -0.266. The van der Waals surface area contributed by atoms with Crippen molar-refractivity contribution < 1.29 is 9.53 Å². The number of methoxy groups -OCH3 is 1. The number of hydrogen-bond acceptors (Lipinski definition) is 4. The third kappa shape index (κ3) is 1.99. The second-order valence-electron chi connectivity index (χ2n) is 4.34. The third-order valence-corrected chi connectivity index (χ3v) is 4.39. The van der Waals surface area contributed by atoms with Crippen LogP contribution in [0.15, 0.2) is 6.07 Å². The zero-order chi connectivity index (χ0) is 11.7. The lowest BCUT2D eigenvalue weighted by Crippen LogP contribution is -2.34. The molecule has 0 radical (unpaired) electrons. The molecule has 16 heavy (non-hydrogen) atoms. The maximum atomic E-state index is 11.6. The summed E-state index contributed by atoms with van der Waals surface area (Å²) >= 11 is 1.83.